The highest BCUT2D eigenvalue weighted by atomic mass is 32.2. The van der Waals surface area contributed by atoms with E-state index in [-0.39, 0.29) is 5.75 Å². The number of nitrogens with zero attached hydrogens (tertiary/aromatic N) is 4. The Bertz CT molecular complexity index is 1040. The van der Waals surface area contributed by atoms with Crippen molar-refractivity contribution in [1.82, 2.24) is 15.0 Å². The van der Waals surface area contributed by atoms with Crippen LogP contribution < -0.4 is 4.90 Å². The molecular formula is C18H18N4O2S. The van der Waals surface area contributed by atoms with Crippen LogP contribution in [0.3, 0.4) is 0 Å². The fourth-order valence-electron chi connectivity index (χ4n) is 3.31. The van der Waals surface area contributed by atoms with E-state index in [1.807, 2.05) is 19.2 Å². The Balaban J connectivity index is 1.73. The van der Waals surface area contributed by atoms with Gasteiger partial charge in [-0.2, -0.15) is 0 Å². The van der Waals surface area contributed by atoms with Gasteiger partial charge in [0.25, 0.3) is 0 Å². The second-order valence-electron chi connectivity index (χ2n) is 6.23. The van der Waals surface area contributed by atoms with Crippen molar-refractivity contribution in [3.05, 3.63) is 54.1 Å². The summed E-state index contributed by atoms with van der Waals surface area (Å²) in [5.41, 5.74) is 2.84. The van der Waals surface area contributed by atoms with Gasteiger partial charge in [-0.15, -0.1) is 0 Å². The van der Waals surface area contributed by atoms with Crippen LogP contribution in [0.5, 0.6) is 0 Å². The number of benzene rings is 1. The highest BCUT2D eigenvalue weighted by molar-refractivity contribution is 7.91. The molecule has 1 aliphatic rings. The summed E-state index contributed by atoms with van der Waals surface area (Å²) in [6, 6.07) is 7.44. The second kappa shape index (κ2) is 6.07. The maximum Gasteiger partial charge on any atom is 0.179 e. The van der Waals surface area contributed by atoms with E-state index in [2.05, 4.69) is 19.9 Å². The van der Waals surface area contributed by atoms with Crippen LogP contribution in [0, 0.1) is 0 Å². The normalized spacial score (nSPS) is 15.2. The van der Waals surface area contributed by atoms with Gasteiger partial charge in [-0.05, 0) is 48.2 Å². The molecule has 0 atom stereocenters. The smallest absolute Gasteiger partial charge is 0.179 e. The Kier molecular flexibility index (Phi) is 3.88. The second-order valence-corrected chi connectivity index (χ2v) is 8.31. The Morgan fingerprint density at radius 2 is 1.92 bits per heavy atom. The van der Waals surface area contributed by atoms with Gasteiger partial charge in [0.1, 0.15) is 12.1 Å². The van der Waals surface area contributed by atoms with E-state index in [1.165, 1.54) is 11.9 Å². The molecule has 0 unspecified atom stereocenters. The van der Waals surface area contributed by atoms with E-state index in [4.69, 9.17) is 0 Å². The lowest BCUT2D eigenvalue weighted by atomic mass is 10.1. The lowest BCUT2D eigenvalue weighted by Crippen LogP contribution is -2.22. The van der Waals surface area contributed by atoms with Crippen molar-refractivity contribution in [1.29, 1.82) is 0 Å². The largest absolute Gasteiger partial charge is 0.359 e. The average molecular weight is 354 g/mol. The summed E-state index contributed by atoms with van der Waals surface area (Å²) in [6.45, 7) is 0.770. The van der Waals surface area contributed by atoms with E-state index in [0.717, 1.165) is 35.2 Å². The Labute approximate surface area is 146 Å². The number of rotatable bonds is 4. The molecule has 0 saturated heterocycles. The number of hydrogen-bond donors (Lipinski definition) is 0. The maximum atomic E-state index is 12.2. The summed E-state index contributed by atoms with van der Waals surface area (Å²) in [7, 11) is -1.20. The predicted molar refractivity (Wildman–Crippen MR) is 96.5 cm³/mol. The first kappa shape index (κ1) is 16.0. The van der Waals surface area contributed by atoms with Gasteiger partial charge in [-0.3, -0.25) is 4.98 Å². The number of likely N-dealkylation sites (N-methyl/N-ethyl adjacent to an activating group) is 1. The van der Waals surface area contributed by atoms with Crippen LogP contribution >= 0.6 is 0 Å². The molecule has 0 N–H and O–H groups in total. The van der Waals surface area contributed by atoms with Gasteiger partial charge in [0.05, 0.1) is 16.2 Å². The quantitative estimate of drug-likeness (QED) is 0.714. The minimum absolute atomic E-state index is 0.163. The zero-order chi connectivity index (χ0) is 17.4. The molecule has 0 radical (unpaired) electrons. The molecule has 25 heavy (non-hydrogen) atoms. The van der Waals surface area contributed by atoms with E-state index in [9.17, 15) is 8.42 Å². The number of anilines is 1. The number of pyridine rings is 1. The molecule has 0 aliphatic carbocycles. The monoisotopic (exact) mass is 354 g/mol. The molecule has 4 rings (SSSR count). The lowest BCUT2D eigenvalue weighted by molar-refractivity contribution is 0.600. The summed E-state index contributed by atoms with van der Waals surface area (Å²) < 4.78 is 24.5. The van der Waals surface area contributed by atoms with Crippen LogP contribution in [-0.2, 0) is 22.7 Å². The molecule has 0 spiro atoms. The highest BCUT2D eigenvalue weighted by Gasteiger charge is 2.29. The fraction of sp³-hybridized carbons (Fsp3) is 0.278. The number of aryl methyl sites for hydroxylation is 1. The lowest BCUT2D eigenvalue weighted by Gasteiger charge is -2.20. The van der Waals surface area contributed by atoms with Crippen molar-refractivity contribution >= 4 is 26.6 Å². The van der Waals surface area contributed by atoms with Crippen molar-refractivity contribution in [2.45, 2.75) is 17.7 Å². The van der Waals surface area contributed by atoms with E-state index < -0.39 is 9.84 Å². The van der Waals surface area contributed by atoms with E-state index >= 15 is 0 Å². The van der Waals surface area contributed by atoms with E-state index in [1.54, 1.807) is 24.5 Å². The zero-order valence-corrected chi connectivity index (χ0v) is 14.7. The van der Waals surface area contributed by atoms with Gasteiger partial charge >= 0.3 is 0 Å². The van der Waals surface area contributed by atoms with Crippen LogP contribution in [0.4, 0.5) is 5.82 Å². The van der Waals surface area contributed by atoms with Crippen LogP contribution in [-0.4, -0.2) is 42.7 Å². The van der Waals surface area contributed by atoms with Gasteiger partial charge in [0, 0.05) is 31.4 Å². The van der Waals surface area contributed by atoms with Gasteiger partial charge in [-0.25, -0.2) is 18.4 Å². The van der Waals surface area contributed by atoms with Crippen LogP contribution in [0.15, 0.2) is 47.9 Å². The van der Waals surface area contributed by atoms with Crippen molar-refractivity contribution < 1.29 is 8.42 Å². The molecule has 0 amide bonds. The third-order valence-corrected chi connectivity index (χ3v) is 6.45. The first-order chi connectivity index (χ1) is 12.1. The van der Waals surface area contributed by atoms with Crippen molar-refractivity contribution in [2.24, 2.45) is 0 Å². The van der Waals surface area contributed by atoms with Crippen molar-refractivity contribution in [3.63, 3.8) is 0 Å². The topological polar surface area (TPSA) is 76.1 Å². The molecule has 1 aromatic carbocycles. The Morgan fingerprint density at radius 3 is 2.72 bits per heavy atom. The molecule has 6 nitrogen and oxygen atoms in total. The average Bonchev–Trinajstić information content (AvgIpc) is 2.95. The molecule has 3 heterocycles. The van der Waals surface area contributed by atoms with E-state index in [0.29, 0.717) is 11.3 Å². The SMILES string of the molecule is CN(CCc1ccncc1)c1ncnc2ccc3c(c12)CCS3(=O)=O. The van der Waals surface area contributed by atoms with Crippen LogP contribution in [0.25, 0.3) is 10.9 Å². The first-order valence-electron chi connectivity index (χ1n) is 8.15. The van der Waals surface area contributed by atoms with Crippen LogP contribution in [0.1, 0.15) is 11.1 Å². The molecule has 2 aromatic heterocycles. The summed E-state index contributed by atoms with van der Waals surface area (Å²) >= 11 is 0. The molecule has 7 heteroatoms. The van der Waals surface area contributed by atoms with Gasteiger partial charge in [0.2, 0.25) is 0 Å². The standard InChI is InChI=1S/C18H18N4O2S/c1-22(10-6-13-4-8-19-9-5-13)18-17-14-7-11-25(23,24)16(14)3-2-15(17)20-12-21-18/h2-5,8-9,12H,6-7,10-11H2,1H3. The maximum absolute atomic E-state index is 12.2. The summed E-state index contributed by atoms with van der Waals surface area (Å²) in [5, 5.41) is 0.860. The summed E-state index contributed by atoms with van der Waals surface area (Å²) in [4.78, 5) is 15.3. The van der Waals surface area contributed by atoms with Gasteiger partial charge in [-0.1, -0.05) is 0 Å². The number of aromatic nitrogens is 3. The molecule has 0 fully saturated rings. The Hall–Kier alpha value is -2.54. The number of sulfone groups is 1. The third kappa shape index (κ3) is 2.84. The highest BCUT2D eigenvalue weighted by Crippen LogP contribution is 2.35. The molecule has 3 aromatic rings. The first-order valence-corrected chi connectivity index (χ1v) is 9.81. The van der Waals surface area contributed by atoms with Gasteiger partial charge in [0.15, 0.2) is 9.84 Å². The number of hydrogen-bond acceptors (Lipinski definition) is 6. The molecular weight excluding hydrogens is 336 g/mol. The predicted octanol–water partition coefficient (Wildman–Crippen LogP) is 2.03. The molecule has 128 valence electrons. The molecule has 1 aliphatic heterocycles. The summed E-state index contributed by atoms with van der Waals surface area (Å²) in [6.07, 6.45) is 6.49. The van der Waals surface area contributed by atoms with Gasteiger partial charge < -0.3 is 4.90 Å². The van der Waals surface area contributed by atoms with Crippen molar-refractivity contribution in [3.8, 4) is 0 Å². The number of fused-ring (bicyclic) bond motifs is 3. The summed E-state index contributed by atoms with van der Waals surface area (Å²) in [5.74, 6) is 0.948. The Morgan fingerprint density at radius 1 is 1.12 bits per heavy atom. The van der Waals surface area contributed by atoms with Crippen LogP contribution in [0.2, 0.25) is 0 Å². The fourth-order valence-corrected chi connectivity index (χ4v) is 4.86. The zero-order valence-electron chi connectivity index (χ0n) is 13.9. The minimum atomic E-state index is -3.18. The third-order valence-electron chi connectivity index (χ3n) is 4.65. The minimum Gasteiger partial charge on any atom is -0.359 e. The van der Waals surface area contributed by atoms with Crippen molar-refractivity contribution in [2.75, 3.05) is 24.2 Å². The molecule has 0 bridgehead atoms. The molecule has 0 saturated carbocycles.